The standard InChI is InChI=1S/C13H22BrN3O/c1-3-10-12(14)11(17(4-2)16-10)8-15-9-13(18)6-5-7-13/h15,18H,3-9H2,1-2H3. The number of hydrogen-bond acceptors (Lipinski definition) is 3. The van der Waals surface area contributed by atoms with Gasteiger partial charge in [0, 0.05) is 19.6 Å². The molecule has 0 saturated heterocycles. The average molecular weight is 316 g/mol. The number of rotatable bonds is 6. The van der Waals surface area contributed by atoms with Crippen molar-refractivity contribution in [1.82, 2.24) is 15.1 Å². The molecule has 18 heavy (non-hydrogen) atoms. The van der Waals surface area contributed by atoms with Crippen molar-refractivity contribution in [3.8, 4) is 0 Å². The highest BCUT2D eigenvalue weighted by molar-refractivity contribution is 9.10. The van der Waals surface area contributed by atoms with Gasteiger partial charge in [-0.05, 0) is 48.5 Å². The largest absolute Gasteiger partial charge is 0.389 e. The molecule has 0 amide bonds. The van der Waals surface area contributed by atoms with Crippen LogP contribution in [0.25, 0.3) is 0 Å². The van der Waals surface area contributed by atoms with Gasteiger partial charge in [-0.1, -0.05) is 6.92 Å². The Morgan fingerprint density at radius 3 is 2.67 bits per heavy atom. The minimum absolute atomic E-state index is 0.461. The molecule has 1 aromatic rings. The van der Waals surface area contributed by atoms with Gasteiger partial charge in [0.25, 0.3) is 0 Å². The molecule has 2 rings (SSSR count). The molecule has 4 nitrogen and oxygen atoms in total. The van der Waals surface area contributed by atoms with E-state index in [1.165, 1.54) is 5.69 Å². The molecule has 0 bridgehead atoms. The van der Waals surface area contributed by atoms with Crippen molar-refractivity contribution in [3.63, 3.8) is 0 Å². The molecule has 5 heteroatoms. The summed E-state index contributed by atoms with van der Waals surface area (Å²) in [6.45, 7) is 6.52. The van der Waals surface area contributed by atoms with Gasteiger partial charge in [0.05, 0.1) is 21.5 Å². The highest BCUT2D eigenvalue weighted by Gasteiger charge is 2.33. The van der Waals surface area contributed by atoms with E-state index in [2.05, 4.69) is 40.2 Å². The second-order valence-corrected chi connectivity index (χ2v) is 5.85. The van der Waals surface area contributed by atoms with E-state index in [0.29, 0.717) is 6.54 Å². The number of nitrogens with zero attached hydrogens (tertiary/aromatic N) is 2. The second-order valence-electron chi connectivity index (χ2n) is 5.06. The van der Waals surface area contributed by atoms with E-state index in [9.17, 15) is 5.11 Å². The number of aliphatic hydroxyl groups is 1. The van der Waals surface area contributed by atoms with Crippen molar-refractivity contribution in [1.29, 1.82) is 0 Å². The topological polar surface area (TPSA) is 50.1 Å². The summed E-state index contributed by atoms with van der Waals surface area (Å²) >= 11 is 3.63. The van der Waals surface area contributed by atoms with Gasteiger partial charge >= 0.3 is 0 Å². The van der Waals surface area contributed by atoms with Gasteiger partial charge in [0.15, 0.2) is 0 Å². The quantitative estimate of drug-likeness (QED) is 0.846. The molecular weight excluding hydrogens is 294 g/mol. The Labute approximate surface area is 117 Å². The molecule has 0 aliphatic heterocycles. The Kier molecular flexibility index (Phi) is 4.45. The smallest absolute Gasteiger partial charge is 0.0771 e. The lowest BCUT2D eigenvalue weighted by molar-refractivity contribution is -0.0315. The monoisotopic (exact) mass is 315 g/mol. The lowest BCUT2D eigenvalue weighted by atomic mass is 9.80. The van der Waals surface area contributed by atoms with Crippen molar-refractivity contribution in [2.75, 3.05) is 6.54 Å². The van der Waals surface area contributed by atoms with E-state index < -0.39 is 5.60 Å². The second kappa shape index (κ2) is 5.72. The van der Waals surface area contributed by atoms with Crippen LogP contribution in [0.5, 0.6) is 0 Å². The van der Waals surface area contributed by atoms with Crippen LogP contribution in [0, 0.1) is 0 Å². The van der Waals surface area contributed by atoms with Crippen LogP contribution < -0.4 is 5.32 Å². The summed E-state index contributed by atoms with van der Waals surface area (Å²) in [6, 6.07) is 0. The normalized spacial score (nSPS) is 17.8. The summed E-state index contributed by atoms with van der Waals surface area (Å²) in [5.74, 6) is 0. The third kappa shape index (κ3) is 2.78. The highest BCUT2D eigenvalue weighted by atomic mass is 79.9. The van der Waals surface area contributed by atoms with E-state index in [0.717, 1.165) is 48.9 Å². The molecule has 0 radical (unpaired) electrons. The maximum atomic E-state index is 10.0. The van der Waals surface area contributed by atoms with Crippen LogP contribution >= 0.6 is 15.9 Å². The lowest BCUT2D eigenvalue weighted by Crippen LogP contribution is -2.46. The summed E-state index contributed by atoms with van der Waals surface area (Å²) < 4.78 is 3.14. The van der Waals surface area contributed by atoms with Gasteiger partial charge in [-0.3, -0.25) is 4.68 Å². The van der Waals surface area contributed by atoms with Crippen molar-refractivity contribution in [3.05, 3.63) is 15.9 Å². The number of hydrogen-bond donors (Lipinski definition) is 2. The van der Waals surface area contributed by atoms with Crippen LogP contribution in [0.1, 0.15) is 44.5 Å². The predicted molar refractivity (Wildman–Crippen MR) is 75.5 cm³/mol. The fourth-order valence-corrected chi connectivity index (χ4v) is 3.07. The molecule has 1 heterocycles. The van der Waals surface area contributed by atoms with Crippen molar-refractivity contribution in [2.45, 2.75) is 58.2 Å². The van der Waals surface area contributed by atoms with Crippen LogP contribution in [-0.2, 0) is 19.5 Å². The first-order valence-electron chi connectivity index (χ1n) is 6.77. The Morgan fingerprint density at radius 2 is 2.17 bits per heavy atom. The molecule has 0 atom stereocenters. The molecule has 0 unspecified atom stereocenters. The van der Waals surface area contributed by atoms with E-state index in [-0.39, 0.29) is 0 Å². The zero-order valence-electron chi connectivity index (χ0n) is 11.2. The minimum atomic E-state index is -0.461. The van der Waals surface area contributed by atoms with Crippen LogP contribution in [0.2, 0.25) is 0 Å². The van der Waals surface area contributed by atoms with Gasteiger partial charge in [-0.25, -0.2) is 0 Å². The van der Waals surface area contributed by atoms with Gasteiger partial charge in [-0.15, -0.1) is 0 Å². The van der Waals surface area contributed by atoms with E-state index >= 15 is 0 Å². The zero-order chi connectivity index (χ0) is 13.2. The first-order chi connectivity index (χ1) is 8.59. The van der Waals surface area contributed by atoms with Crippen molar-refractivity contribution in [2.24, 2.45) is 0 Å². The lowest BCUT2D eigenvalue weighted by Gasteiger charge is -2.36. The summed E-state index contributed by atoms with van der Waals surface area (Å²) in [7, 11) is 0. The summed E-state index contributed by atoms with van der Waals surface area (Å²) in [6.07, 6.45) is 3.93. The van der Waals surface area contributed by atoms with Crippen molar-refractivity contribution < 1.29 is 5.11 Å². The molecule has 1 saturated carbocycles. The molecule has 0 aromatic carbocycles. The van der Waals surface area contributed by atoms with Gasteiger partial charge in [0.1, 0.15) is 0 Å². The molecule has 102 valence electrons. The van der Waals surface area contributed by atoms with Crippen LogP contribution in [0.15, 0.2) is 4.47 Å². The number of aryl methyl sites for hydroxylation is 2. The Balaban J connectivity index is 1.97. The fourth-order valence-electron chi connectivity index (χ4n) is 2.36. The van der Waals surface area contributed by atoms with Crippen LogP contribution in [-0.4, -0.2) is 27.0 Å². The van der Waals surface area contributed by atoms with Crippen molar-refractivity contribution >= 4 is 15.9 Å². The number of aromatic nitrogens is 2. The van der Waals surface area contributed by atoms with Gasteiger partial charge in [-0.2, -0.15) is 5.10 Å². The van der Waals surface area contributed by atoms with E-state index in [1.807, 2.05) is 4.68 Å². The van der Waals surface area contributed by atoms with Crippen LogP contribution in [0.4, 0.5) is 0 Å². The molecule has 1 fully saturated rings. The average Bonchev–Trinajstić information content (AvgIpc) is 2.64. The molecular formula is C13H22BrN3O. The first kappa shape index (κ1) is 14.0. The van der Waals surface area contributed by atoms with E-state index in [1.54, 1.807) is 0 Å². The Bertz CT molecular complexity index is 413. The maximum Gasteiger partial charge on any atom is 0.0771 e. The summed E-state index contributed by atoms with van der Waals surface area (Å²) in [4.78, 5) is 0. The Morgan fingerprint density at radius 1 is 1.44 bits per heavy atom. The third-order valence-electron chi connectivity index (χ3n) is 3.72. The summed E-state index contributed by atoms with van der Waals surface area (Å²) in [5, 5.41) is 18.0. The molecule has 2 N–H and O–H groups in total. The highest BCUT2D eigenvalue weighted by Crippen LogP contribution is 2.31. The predicted octanol–water partition coefficient (Wildman–Crippen LogP) is 2.23. The molecule has 1 aromatic heterocycles. The van der Waals surface area contributed by atoms with Gasteiger partial charge in [0.2, 0.25) is 0 Å². The number of halogens is 1. The summed E-state index contributed by atoms with van der Waals surface area (Å²) in [5.41, 5.74) is 1.82. The maximum absolute atomic E-state index is 10.0. The minimum Gasteiger partial charge on any atom is -0.389 e. The first-order valence-corrected chi connectivity index (χ1v) is 7.56. The Hall–Kier alpha value is -0.390. The fraction of sp³-hybridized carbons (Fsp3) is 0.769. The van der Waals surface area contributed by atoms with E-state index in [4.69, 9.17) is 0 Å². The molecule has 1 aliphatic rings. The van der Waals surface area contributed by atoms with Crippen LogP contribution in [0.3, 0.4) is 0 Å². The van der Waals surface area contributed by atoms with Gasteiger partial charge < -0.3 is 10.4 Å². The zero-order valence-corrected chi connectivity index (χ0v) is 12.8. The SMILES string of the molecule is CCc1nn(CC)c(CNCC2(O)CCC2)c1Br. The molecule has 0 spiro atoms. The number of nitrogens with one attached hydrogen (secondary N) is 1. The molecule has 1 aliphatic carbocycles. The third-order valence-corrected chi connectivity index (χ3v) is 4.64.